The Morgan fingerprint density at radius 3 is 2.64 bits per heavy atom. The van der Waals surface area contributed by atoms with Crippen LogP contribution in [-0.4, -0.2) is 66.8 Å². The number of fused-ring (bicyclic) bond motifs is 2. The van der Waals surface area contributed by atoms with Gasteiger partial charge < -0.3 is 0 Å². The van der Waals surface area contributed by atoms with Gasteiger partial charge in [-0.25, -0.2) is 27.6 Å². The lowest BCUT2D eigenvalue weighted by molar-refractivity contribution is 0.0735. The number of allylic oxidation sites excluding steroid dienone is 1. The fourth-order valence-electron chi connectivity index (χ4n) is 6.44. The first-order valence-corrected chi connectivity index (χ1v) is 15.4. The molecule has 10 nitrogen and oxygen atoms in total. The second-order valence-corrected chi connectivity index (χ2v) is 13.3. The van der Waals surface area contributed by atoms with Crippen molar-refractivity contribution in [1.82, 2.24) is 38.8 Å². The Bertz CT molecular complexity index is 1840. The van der Waals surface area contributed by atoms with Crippen molar-refractivity contribution in [1.29, 1.82) is 0 Å². The summed E-state index contributed by atoms with van der Waals surface area (Å²) in [5, 5.41) is 9.04. The highest BCUT2D eigenvalue weighted by atomic mass is 32.2. The number of Topliss-reactive ketones (excluding diaryl/α,β-unsaturated/α-hetero) is 1. The van der Waals surface area contributed by atoms with Crippen molar-refractivity contribution in [3.8, 4) is 5.69 Å². The first-order chi connectivity index (χ1) is 20.2. The summed E-state index contributed by atoms with van der Waals surface area (Å²) >= 11 is 0. The molecule has 0 radical (unpaired) electrons. The summed E-state index contributed by atoms with van der Waals surface area (Å²) in [6.45, 7) is 0. The van der Waals surface area contributed by atoms with Crippen LogP contribution in [0.4, 0.5) is 8.78 Å². The number of halogens is 2. The molecule has 0 bridgehead atoms. The quantitative estimate of drug-likeness (QED) is 0.184. The lowest BCUT2D eigenvalue weighted by Crippen LogP contribution is -2.51. The van der Waals surface area contributed by atoms with Crippen LogP contribution in [0.15, 0.2) is 59.9 Å². The Balaban J connectivity index is 1.32. The summed E-state index contributed by atoms with van der Waals surface area (Å²) in [6.07, 6.45) is 11.4. The van der Waals surface area contributed by atoms with E-state index in [2.05, 4.69) is 31.0 Å². The van der Waals surface area contributed by atoms with Crippen LogP contribution in [0.2, 0.25) is 0 Å². The lowest BCUT2D eigenvalue weighted by Gasteiger charge is -2.47. The van der Waals surface area contributed by atoms with E-state index in [1.807, 2.05) is 10.4 Å². The van der Waals surface area contributed by atoms with Crippen LogP contribution in [0.1, 0.15) is 53.8 Å². The van der Waals surface area contributed by atoms with Gasteiger partial charge in [0.1, 0.15) is 17.8 Å². The molecule has 0 spiro atoms. The van der Waals surface area contributed by atoms with Crippen molar-refractivity contribution >= 4 is 27.4 Å². The summed E-state index contributed by atoms with van der Waals surface area (Å²) in [5.41, 5.74) is 2.04. The van der Waals surface area contributed by atoms with E-state index in [4.69, 9.17) is 0 Å². The molecule has 0 amide bonds. The van der Waals surface area contributed by atoms with Crippen molar-refractivity contribution in [3.63, 3.8) is 0 Å². The summed E-state index contributed by atoms with van der Waals surface area (Å²) in [7, 11) is -1.33. The van der Waals surface area contributed by atoms with Gasteiger partial charge in [-0.1, -0.05) is 5.57 Å². The molecule has 3 aliphatic carbocycles. The molecule has 7 rings (SSSR count). The van der Waals surface area contributed by atoms with E-state index in [9.17, 15) is 17.8 Å². The van der Waals surface area contributed by atoms with Crippen LogP contribution >= 0.6 is 0 Å². The largest absolute Gasteiger partial charge is 0.291 e. The van der Waals surface area contributed by atoms with E-state index in [0.717, 1.165) is 29.7 Å². The fraction of sp³-hybridized carbons (Fsp3) is 0.345. The molecule has 2 saturated carbocycles. The number of nitrogens with zero attached hydrogens (tertiary/aromatic N) is 8. The highest BCUT2D eigenvalue weighted by Crippen LogP contribution is 2.52. The summed E-state index contributed by atoms with van der Waals surface area (Å²) in [5.74, 6) is 2.69. The van der Waals surface area contributed by atoms with Crippen molar-refractivity contribution in [3.05, 3.63) is 83.5 Å². The predicted octanol–water partition coefficient (Wildman–Crippen LogP) is 3.59. The van der Waals surface area contributed by atoms with Gasteiger partial charge in [-0.15, -0.1) is 5.10 Å². The minimum atomic E-state index is -3.04. The van der Waals surface area contributed by atoms with Crippen molar-refractivity contribution in [2.75, 3.05) is 0 Å². The number of hydrogen-bond acceptors (Lipinski definition) is 7. The minimum Gasteiger partial charge on any atom is -0.291 e. The molecule has 3 aliphatic rings. The van der Waals surface area contributed by atoms with Crippen LogP contribution in [-0.2, 0) is 23.2 Å². The van der Waals surface area contributed by atoms with Gasteiger partial charge >= 0.3 is 0 Å². The maximum absolute atomic E-state index is 14.4. The molecule has 4 aromatic rings. The number of carbonyl (C=O) groups is 1. The van der Waals surface area contributed by atoms with Crippen LogP contribution in [0, 0.1) is 17.2 Å². The monoisotopic (exact) mass is 590 g/mol. The van der Waals surface area contributed by atoms with Gasteiger partial charge in [-0.05, 0) is 74.2 Å². The number of rotatable bonds is 7. The topological polar surface area (TPSA) is 112 Å². The summed E-state index contributed by atoms with van der Waals surface area (Å²) < 4.78 is 47.2. The van der Waals surface area contributed by atoms with Gasteiger partial charge in [0.25, 0.3) is 0 Å². The molecule has 13 heteroatoms. The molecular weight excluding hydrogens is 562 g/mol. The Morgan fingerprint density at radius 2 is 1.95 bits per heavy atom. The van der Waals surface area contributed by atoms with E-state index < -0.39 is 26.9 Å². The normalized spacial score (nSPS) is 23.1. The third kappa shape index (κ3) is 4.38. The van der Waals surface area contributed by atoms with Gasteiger partial charge in [0, 0.05) is 31.4 Å². The number of aryl methyl sites for hydroxylation is 1. The zero-order chi connectivity index (χ0) is 29.2. The Morgan fingerprint density at radius 1 is 1.12 bits per heavy atom. The average molecular weight is 591 g/mol. The molecular formula is C29H28F2N8O2S. The summed E-state index contributed by atoms with van der Waals surface area (Å²) in [4.78, 5) is 26.7. The molecule has 216 valence electrons. The van der Waals surface area contributed by atoms with Crippen molar-refractivity contribution < 1.29 is 17.8 Å². The van der Waals surface area contributed by atoms with Crippen LogP contribution in [0.25, 0.3) is 11.8 Å². The molecule has 4 aromatic heterocycles. The molecule has 0 aliphatic heterocycles. The summed E-state index contributed by atoms with van der Waals surface area (Å²) in [6, 6.07) is 5.02. The maximum atomic E-state index is 14.4. The van der Waals surface area contributed by atoms with Crippen LogP contribution in [0.3, 0.4) is 0 Å². The van der Waals surface area contributed by atoms with Crippen molar-refractivity contribution in [2.24, 2.45) is 12.5 Å². The number of ketones is 1. The smallest absolute Gasteiger partial charge is 0.244 e. The fourth-order valence-corrected chi connectivity index (χ4v) is 8.45. The molecule has 0 N–H and O–H groups in total. The number of carbonyl (C=O) groups excluding carboxylic acids is 1. The zero-order valence-corrected chi connectivity index (χ0v) is 23.7. The van der Waals surface area contributed by atoms with E-state index in [0.29, 0.717) is 31.4 Å². The average Bonchev–Trinajstić information content (AvgIpc) is 3.55. The Labute approximate surface area is 241 Å². The van der Waals surface area contributed by atoms with Crippen LogP contribution in [0.5, 0.6) is 0 Å². The predicted molar refractivity (Wildman–Crippen MR) is 151 cm³/mol. The lowest BCUT2D eigenvalue weighted by atomic mass is 9.60. The first kappa shape index (κ1) is 26.8. The van der Waals surface area contributed by atoms with E-state index in [1.165, 1.54) is 41.6 Å². The maximum Gasteiger partial charge on any atom is 0.244 e. The number of pyridine rings is 2. The second-order valence-electron chi connectivity index (χ2n) is 11.3. The van der Waals surface area contributed by atoms with Gasteiger partial charge in [-0.3, -0.25) is 14.5 Å². The number of hydrogen-bond donors (Lipinski definition) is 0. The third-order valence-electron chi connectivity index (χ3n) is 8.45. The Kier molecular flexibility index (Phi) is 6.21. The SMILES string of the molecule is C=S(=O)(c1ncn(C)n1)N(C1CC1)[C@H]1CCC2=Cc3c(cnn3-c3ccc(F)nc3)C[C@]2(C(=O)c2cc(F)ccn2)C1. The first-order valence-electron chi connectivity index (χ1n) is 13.7. The van der Waals surface area contributed by atoms with Gasteiger partial charge in [0.15, 0.2) is 5.78 Å². The molecule has 42 heavy (non-hydrogen) atoms. The van der Waals surface area contributed by atoms with E-state index in [-0.39, 0.29) is 28.7 Å². The standard InChI is InChI=1S/C29H28F2N8O2S/c1-37-17-34-28(36-37)42(2,41)39(21-5-6-21)22-4-3-19-11-25-18(15-35-38(25)23-7-8-26(31)33-16-23)13-29(19,14-22)27(40)24-12-20(30)9-10-32-24/h7-12,15-17,21-22H,2-6,13-14H2,1H3/t22-,29-,42?/m0/s1. The zero-order valence-electron chi connectivity index (χ0n) is 22.9. The van der Waals surface area contributed by atoms with Crippen molar-refractivity contribution in [2.45, 2.75) is 55.8 Å². The van der Waals surface area contributed by atoms with E-state index >= 15 is 0 Å². The highest BCUT2D eigenvalue weighted by molar-refractivity contribution is 7.98. The minimum absolute atomic E-state index is 0.0415. The molecule has 0 saturated heterocycles. The molecule has 1 unspecified atom stereocenters. The molecule has 0 aromatic carbocycles. The number of aromatic nitrogens is 7. The van der Waals surface area contributed by atoms with Gasteiger partial charge in [0.2, 0.25) is 11.1 Å². The molecule has 2 fully saturated rings. The van der Waals surface area contributed by atoms with Gasteiger partial charge in [0.05, 0.1) is 38.9 Å². The third-order valence-corrected chi connectivity index (χ3v) is 10.5. The second kappa shape index (κ2) is 9.73. The highest BCUT2D eigenvalue weighted by Gasteiger charge is 2.53. The molecule has 4 heterocycles. The van der Waals surface area contributed by atoms with E-state index in [1.54, 1.807) is 24.0 Å². The van der Waals surface area contributed by atoms with Crippen LogP contribution < -0.4 is 0 Å². The van der Waals surface area contributed by atoms with Gasteiger partial charge in [-0.2, -0.15) is 9.49 Å². The molecule has 3 atom stereocenters. The Hall–Kier alpha value is -4.10.